The zero-order valence-electron chi connectivity index (χ0n) is 53.6. The largest absolute Gasteiger partial charge is 0.427 e. The third-order valence-electron chi connectivity index (χ3n) is 15.5. The molecule has 0 unspecified atom stereocenters. The van der Waals surface area contributed by atoms with Gasteiger partial charge < -0.3 is 36.2 Å². The van der Waals surface area contributed by atoms with E-state index in [0.717, 1.165) is 44.9 Å². The fourth-order valence-corrected chi connectivity index (χ4v) is 9.93. The summed E-state index contributed by atoms with van der Waals surface area (Å²) in [5.41, 5.74) is 5.50. The van der Waals surface area contributed by atoms with E-state index in [2.05, 4.69) is 33.0 Å². The number of nitro groups is 1. The maximum absolute atomic E-state index is 12.2. The van der Waals surface area contributed by atoms with Crippen molar-refractivity contribution in [3.8, 4) is 5.75 Å². The van der Waals surface area contributed by atoms with Gasteiger partial charge in [0.05, 0.1) is 42.4 Å². The molecule has 82 heavy (non-hydrogen) atoms. The third-order valence-corrected chi connectivity index (χ3v) is 15.5. The van der Waals surface area contributed by atoms with Gasteiger partial charge in [-0.25, -0.2) is 0 Å². The Kier molecular flexibility index (Phi) is 64.5. The van der Waals surface area contributed by atoms with E-state index in [1.54, 1.807) is 12.2 Å². The van der Waals surface area contributed by atoms with E-state index in [9.17, 15) is 35.0 Å². The summed E-state index contributed by atoms with van der Waals surface area (Å²) in [7, 11) is 0. The molecule has 12 nitrogen and oxygen atoms in total. The lowest BCUT2D eigenvalue weighted by Gasteiger charge is -2.20. The fraction of sp³-hybridized carbons (Fsp3) is 0.829. The molecule has 0 bridgehead atoms. The number of unbranched alkanes of at least 4 members (excludes halogenated alkanes) is 42. The van der Waals surface area contributed by atoms with Crippen molar-refractivity contribution in [2.45, 2.75) is 360 Å². The summed E-state index contributed by atoms with van der Waals surface area (Å²) in [5.74, 6) is 0.0197. The number of hydrogen-bond donors (Lipinski definition) is 6. The second kappa shape index (κ2) is 65.4. The van der Waals surface area contributed by atoms with Gasteiger partial charge in [0.1, 0.15) is 5.75 Å². The molecule has 0 aliphatic heterocycles. The Morgan fingerprint density at radius 2 is 0.780 bits per heavy atom. The normalized spacial score (nSPS) is 12.8. The highest BCUT2D eigenvalue weighted by atomic mass is 16.6. The Balaban J connectivity index is 0. The molecule has 0 aliphatic rings. The number of non-ortho nitro benzene ring substituents is 1. The van der Waals surface area contributed by atoms with Crippen molar-refractivity contribution in [1.82, 2.24) is 5.32 Å². The van der Waals surface area contributed by atoms with Crippen LogP contribution < -0.4 is 15.8 Å². The molecule has 0 aliphatic carbocycles. The van der Waals surface area contributed by atoms with Crippen LogP contribution in [0.2, 0.25) is 0 Å². The number of benzene rings is 1. The number of nitrogens with zero attached hydrogens (tertiary/aromatic N) is 1. The number of carbonyl (C=O) groups excluding carboxylic acids is 2. The molecule has 4 atom stereocenters. The molecule has 0 fully saturated rings. The van der Waals surface area contributed by atoms with Crippen LogP contribution in [-0.4, -0.2) is 74.7 Å². The van der Waals surface area contributed by atoms with Crippen molar-refractivity contribution in [1.29, 1.82) is 0 Å². The summed E-state index contributed by atoms with van der Waals surface area (Å²) in [4.78, 5) is 34.0. The van der Waals surface area contributed by atoms with E-state index in [0.29, 0.717) is 18.6 Å². The lowest BCUT2D eigenvalue weighted by Crippen LogP contribution is -2.45. The number of aliphatic hydroxyl groups is 4. The van der Waals surface area contributed by atoms with Crippen molar-refractivity contribution in [3.63, 3.8) is 0 Å². The molecular formula is C70H131N3O9. The topological polar surface area (TPSA) is 205 Å². The van der Waals surface area contributed by atoms with Gasteiger partial charge in [0.2, 0.25) is 5.91 Å². The molecule has 0 radical (unpaired) electrons. The zero-order chi connectivity index (χ0) is 60.6. The number of nitro benzene ring substituents is 1. The molecule has 1 aromatic rings. The Morgan fingerprint density at radius 1 is 0.476 bits per heavy atom. The van der Waals surface area contributed by atoms with Crippen molar-refractivity contribution in [3.05, 3.63) is 58.7 Å². The minimum absolute atomic E-state index is 0.00911. The summed E-state index contributed by atoms with van der Waals surface area (Å²) in [6, 6.07) is 4.42. The number of esters is 1. The average Bonchev–Trinajstić information content (AvgIpc) is 3.51. The summed E-state index contributed by atoms with van der Waals surface area (Å²) in [5, 5.41) is 51.6. The predicted octanol–water partition coefficient (Wildman–Crippen LogP) is 18.9. The van der Waals surface area contributed by atoms with Gasteiger partial charge in [-0.3, -0.25) is 19.7 Å². The molecule has 0 saturated carbocycles. The van der Waals surface area contributed by atoms with E-state index < -0.39 is 29.2 Å². The number of aliphatic hydroxyl groups excluding tert-OH is 4. The van der Waals surface area contributed by atoms with E-state index in [-0.39, 0.29) is 30.8 Å². The number of carbonyl (C=O) groups is 2. The first-order valence-corrected chi connectivity index (χ1v) is 34.4. The maximum Gasteiger partial charge on any atom is 0.311 e. The molecular weight excluding hydrogens is 1030 g/mol. The first kappa shape index (κ1) is 80.9. The van der Waals surface area contributed by atoms with E-state index in [4.69, 9.17) is 15.6 Å². The molecule has 1 aromatic carbocycles. The van der Waals surface area contributed by atoms with Gasteiger partial charge in [0.15, 0.2) is 0 Å². The lowest BCUT2D eigenvalue weighted by molar-refractivity contribution is -0.384. The Hall–Kier alpha value is -3.16. The number of hydrogen-bond acceptors (Lipinski definition) is 10. The number of nitrogens with one attached hydrogen (secondary N) is 1. The predicted molar refractivity (Wildman–Crippen MR) is 347 cm³/mol. The minimum atomic E-state index is -0.830. The van der Waals surface area contributed by atoms with Gasteiger partial charge in [0, 0.05) is 25.0 Å². The monoisotopic (exact) mass is 1160 g/mol. The van der Waals surface area contributed by atoms with E-state index >= 15 is 0 Å². The molecule has 480 valence electrons. The lowest BCUT2D eigenvalue weighted by atomic mass is 10.0. The average molecular weight is 1160 g/mol. The maximum atomic E-state index is 12.2. The highest BCUT2D eigenvalue weighted by Crippen LogP contribution is 2.20. The Morgan fingerprint density at radius 3 is 1.10 bits per heavy atom. The number of rotatable bonds is 57. The van der Waals surface area contributed by atoms with Gasteiger partial charge in [0.25, 0.3) is 5.69 Å². The van der Waals surface area contributed by atoms with Crippen LogP contribution in [-0.2, 0) is 9.59 Å². The molecule has 0 saturated heterocycles. The number of allylic oxidation sites excluding steroid dienone is 2. The Labute approximate surface area is 504 Å². The first-order chi connectivity index (χ1) is 40.0. The number of amides is 1. The highest BCUT2D eigenvalue weighted by Gasteiger charge is 2.18. The third kappa shape index (κ3) is 58.6. The van der Waals surface area contributed by atoms with Crippen LogP contribution in [0.3, 0.4) is 0 Å². The standard InChI is InChI=1S/C32H63NO3.C20H31NO4.C18H37NO2/c1-3-5-7-9-11-13-15-16-18-19-21-23-25-27-31(35)30(29-34)33-32(36)28-26-24-22-20-17-14-12-10-8-6-4-2;1-2-3-4-5-6-7-8-9-10-11-12-13-20(22)25-19-16-14-18(15-17-19)21(23)24;1-2-3-4-5-6-7-8-9-10-11-12-13-14-15-18(21)17(19)16-20/h25,27,30-31,34-35H,3-24,26,28-29H2,1-2H3,(H,33,36);14-17H,2-13H2,1H3;14-15,17-18,20-21H,2-13,16,19H2,1H3/b27-25+;;15-14+/t30-,31+;;17-,18+/m0.0/s1. The highest BCUT2D eigenvalue weighted by molar-refractivity contribution is 5.76. The zero-order valence-corrected chi connectivity index (χ0v) is 53.6. The van der Waals surface area contributed by atoms with Crippen LogP contribution in [0.25, 0.3) is 0 Å². The quantitative estimate of drug-likeness (QED) is 0.00909. The molecule has 1 amide bonds. The molecule has 0 aromatic heterocycles. The van der Waals surface area contributed by atoms with E-state index in [1.807, 2.05) is 12.2 Å². The smallest absolute Gasteiger partial charge is 0.311 e. The van der Waals surface area contributed by atoms with Crippen LogP contribution >= 0.6 is 0 Å². The fourth-order valence-electron chi connectivity index (χ4n) is 9.93. The Bertz CT molecular complexity index is 1560. The van der Waals surface area contributed by atoms with Gasteiger partial charge in [-0.15, -0.1) is 0 Å². The molecule has 7 N–H and O–H groups in total. The van der Waals surface area contributed by atoms with Gasteiger partial charge in [-0.05, 0) is 50.7 Å². The SMILES string of the molecule is CCCCCCCCCCCCC/C=C/[C@@H](O)[C@@H](N)CO.CCCCCCCCCCCCC/C=C/[C@@H](O)[C@H](CO)NC(=O)CCCCCCCCCCCCC.CCCCCCCCCCCCCC(=O)Oc1ccc([N+](=O)[O-])cc1. The summed E-state index contributed by atoms with van der Waals surface area (Å²) in [6.45, 7) is 8.60. The van der Waals surface area contributed by atoms with Crippen molar-refractivity contribution < 1.29 is 39.7 Å². The summed E-state index contributed by atoms with van der Waals surface area (Å²) in [6.07, 6.45) is 65.6. The van der Waals surface area contributed by atoms with Crippen molar-refractivity contribution in [2.24, 2.45) is 5.73 Å². The second-order valence-corrected chi connectivity index (χ2v) is 23.5. The van der Waals surface area contributed by atoms with Crippen LogP contribution in [0.15, 0.2) is 48.6 Å². The van der Waals surface area contributed by atoms with Gasteiger partial charge in [-0.2, -0.15) is 0 Å². The number of ether oxygens (including phenoxy) is 1. The van der Waals surface area contributed by atoms with Crippen molar-refractivity contribution >= 4 is 17.6 Å². The van der Waals surface area contributed by atoms with Crippen molar-refractivity contribution in [2.75, 3.05) is 13.2 Å². The molecule has 0 heterocycles. The van der Waals surface area contributed by atoms with Gasteiger partial charge >= 0.3 is 5.97 Å². The van der Waals surface area contributed by atoms with E-state index in [1.165, 1.54) is 275 Å². The molecule has 0 spiro atoms. The molecule has 12 heteroatoms. The van der Waals surface area contributed by atoms with Crippen LogP contribution in [0.4, 0.5) is 5.69 Å². The summed E-state index contributed by atoms with van der Waals surface area (Å²) < 4.78 is 5.18. The molecule has 1 rings (SSSR count). The van der Waals surface area contributed by atoms with Gasteiger partial charge in [-0.1, -0.05) is 309 Å². The van der Waals surface area contributed by atoms with Crippen LogP contribution in [0.1, 0.15) is 336 Å². The van der Waals surface area contributed by atoms with Crippen LogP contribution in [0, 0.1) is 10.1 Å². The minimum Gasteiger partial charge on any atom is -0.427 e. The first-order valence-electron chi connectivity index (χ1n) is 34.4. The summed E-state index contributed by atoms with van der Waals surface area (Å²) >= 11 is 0. The second-order valence-electron chi connectivity index (χ2n) is 23.5. The number of nitrogens with two attached hydrogens (primary N) is 1. The van der Waals surface area contributed by atoms with Crippen LogP contribution in [0.5, 0.6) is 5.75 Å².